The normalized spacial score (nSPS) is 11.0. The van der Waals surface area contributed by atoms with E-state index in [9.17, 15) is 9.59 Å². The summed E-state index contributed by atoms with van der Waals surface area (Å²) in [7, 11) is 0. The van der Waals surface area contributed by atoms with Crippen LogP contribution in [0.4, 0.5) is 11.4 Å². The van der Waals surface area contributed by atoms with Crippen molar-refractivity contribution in [2.24, 2.45) is 0 Å². The van der Waals surface area contributed by atoms with E-state index in [1.54, 1.807) is 48.5 Å². The number of hydrogen-bond acceptors (Lipinski definition) is 9. The lowest BCUT2D eigenvalue weighted by molar-refractivity contribution is -0.114. The Kier molecular flexibility index (Phi) is 10.1. The van der Waals surface area contributed by atoms with E-state index >= 15 is 0 Å². The lowest BCUT2D eigenvalue weighted by Crippen LogP contribution is -2.14. The summed E-state index contributed by atoms with van der Waals surface area (Å²) in [5.41, 5.74) is 4.60. The van der Waals surface area contributed by atoms with Crippen LogP contribution in [-0.4, -0.2) is 56.5 Å². The van der Waals surface area contributed by atoms with Crippen LogP contribution in [0.2, 0.25) is 0 Å². The zero-order chi connectivity index (χ0) is 32.6. The van der Waals surface area contributed by atoms with Crippen molar-refractivity contribution in [3.05, 3.63) is 84.9 Å². The van der Waals surface area contributed by atoms with Gasteiger partial charge in [0.1, 0.15) is 23.0 Å². The summed E-state index contributed by atoms with van der Waals surface area (Å²) in [4.78, 5) is 40.7. The van der Waals surface area contributed by atoms with Gasteiger partial charge in [-0.05, 0) is 74.5 Å². The number of ether oxygens (including phenoxy) is 3. The Morgan fingerprint density at radius 1 is 0.638 bits per heavy atom. The molecule has 0 radical (unpaired) electrons. The summed E-state index contributed by atoms with van der Waals surface area (Å²) in [6, 6.07) is 25.6. The molecule has 0 spiro atoms. The molecule has 0 saturated heterocycles. The first-order valence-corrected chi connectivity index (χ1v) is 16.9. The standard InChI is InChI=1S/C34H32N6O5S2/c1-3-43-24-12-14-27-29(17-24)39-33(37-27)46-19-31(41)35-21-8-10-23(11-9-21)45-26-7-5-6-22(16-26)36-32(42)20-47-34-38-28-15-13-25(44-4-2)18-30(28)40-34/h5-18H,3-4,19-20H2,1-2H3,(H,35,41)(H,36,42)(H,37,39)(H,38,40). The van der Waals surface area contributed by atoms with E-state index in [1.807, 2.05) is 50.2 Å². The number of thioether (sulfide) groups is 2. The zero-order valence-electron chi connectivity index (χ0n) is 25.7. The number of fused-ring (bicyclic) bond motifs is 2. The molecule has 0 aliphatic heterocycles. The maximum absolute atomic E-state index is 12.7. The van der Waals surface area contributed by atoms with Crippen molar-refractivity contribution in [1.29, 1.82) is 0 Å². The van der Waals surface area contributed by atoms with Crippen LogP contribution >= 0.6 is 23.5 Å². The van der Waals surface area contributed by atoms with Gasteiger partial charge in [-0.3, -0.25) is 9.59 Å². The molecule has 2 aromatic heterocycles. The number of aromatic amines is 2. The van der Waals surface area contributed by atoms with Crippen molar-refractivity contribution in [1.82, 2.24) is 19.9 Å². The minimum absolute atomic E-state index is 0.156. The van der Waals surface area contributed by atoms with Gasteiger partial charge in [-0.15, -0.1) is 0 Å². The molecule has 0 aliphatic rings. The number of nitrogens with zero attached hydrogens (tertiary/aromatic N) is 2. The van der Waals surface area contributed by atoms with Gasteiger partial charge in [0, 0.05) is 29.6 Å². The number of benzene rings is 4. The van der Waals surface area contributed by atoms with E-state index in [0.717, 1.165) is 33.6 Å². The first-order chi connectivity index (χ1) is 22.9. The molecule has 0 unspecified atom stereocenters. The zero-order valence-corrected chi connectivity index (χ0v) is 27.3. The number of H-pyrrole nitrogens is 2. The quantitative estimate of drug-likeness (QED) is 0.0868. The number of nitrogens with one attached hydrogen (secondary N) is 4. The highest BCUT2D eigenvalue weighted by atomic mass is 32.2. The number of carbonyl (C=O) groups is 2. The molecular formula is C34H32N6O5S2. The van der Waals surface area contributed by atoms with E-state index in [-0.39, 0.29) is 23.3 Å². The number of anilines is 2. The first kappa shape index (κ1) is 31.8. The number of rotatable bonds is 14. The Balaban J connectivity index is 0.963. The van der Waals surface area contributed by atoms with Crippen molar-refractivity contribution in [2.45, 2.75) is 24.2 Å². The molecule has 0 atom stereocenters. The lowest BCUT2D eigenvalue weighted by Gasteiger charge is -2.10. The van der Waals surface area contributed by atoms with Gasteiger partial charge >= 0.3 is 0 Å². The monoisotopic (exact) mass is 668 g/mol. The largest absolute Gasteiger partial charge is 0.494 e. The van der Waals surface area contributed by atoms with Crippen molar-refractivity contribution in [3.8, 4) is 23.0 Å². The number of amides is 2. The second-order valence-electron chi connectivity index (χ2n) is 10.1. The molecule has 13 heteroatoms. The Morgan fingerprint density at radius 2 is 1.17 bits per heavy atom. The molecule has 240 valence electrons. The third-order valence-electron chi connectivity index (χ3n) is 6.66. The van der Waals surface area contributed by atoms with Crippen LogP contribution in [0.3, 0.4) is 0 Å². The van der Waals surface area contributed by atoms with Gasteiger partial charge in [-0.2, -0.15) is 0 Å². The Hall–Kier alpha value is -5.14. The van der Waals surface area contributed by atoms with Gasteiger partial charge in [-0.1, -0.05) is 29.6 Å². The highest BCUT2D eigenvalue weighted by molar-refractivity contribution is 8.00. The molecule has 6 rings (SSSR count). The van der Waals surface area contributed by atoms with Gasteiger partial charge in [-0.25, -0.2) is 9.97 Å². The Labute approximate surface area is 279 Å². The van der Waals surface area contributed by atoms with Crippen LogP contribution in [0.5, 0.6) is 23.0 Å². The molecule has 0 saturated carbocycles. The average Bonchev–Trinajstić information content (AvgIpc) is 3.67. The summed E-state index contributed by atoms with van der Waals surface area (Å²) in [5.74, 6) is 2.74. The molecule has 2 heterocycles. The minimum atomic E-state index is -0.170. The highest BCUT2D eigenvalue weighted by Gasteiger charge is 2.11. The number of aromatic nitrogens is 4. The summed E-state index contributed by atoms with van der Waals surface area (Å²) < 4.78 is 17.1. The fraction of sp³-hybridized carbons (Fsp3) is 0.176. The molecular weight excluding hydrogens is 637 g/mol. The van der Waals surface area contributed by atoms with Crippen LogP contribution in [-0.2, 0) is 9.59 Å². The van der Waals surface area contributed by atoms with E-state index in [0.29, 0.717) is 46.4 Å². The van der Waals surface area contributed by atoms with Crippen LogP contribution in [0.15, 0.2) is 95.2 Å². The average molecular weight is 669 g/mol. The summed E-state index contributed by atoms with van der Waals surface area (Å²) in [6.07, 6.45) is 0. The van der Waals surface area contributed by atoms with E-state index in [4.69, 9.17) is 14.2 Å². The van der Waals surface area contributed by atoms with Crippen molar-refractivity contribution in [2.75, 3.05) is 35.4 Å². The van der Waals surface area contributed by atoms with E-state index < -0.39 is 0 Å². The molecule has 47 heavy (non-hydrogen) atoms. The fourth-order valence-electron chi connectivity index (χ4n) is 4.62. The van der Waals surface area contributed by atoms with E-state index in [1.165, 1.54) is 23.5 Å². The van der Waals surface area contributed by atoms with Gasteiger partial charge in [0.25, 0.3) is 0 Å². The second-order valence-corrected chi connectivity index (χ2v) is 12.1. The molecule has 0 bridgehead atoms. The van der Waals surface area contributed by atoms with E-state index in [2.05, 4.69) is 30.6 Å². The van der Waals surface area contributed by atoms with Crippen LogP contribution in [0, 0.1) is 0 Å². The Bertz CT molecular complexity index is 2010. The maximum Gasteiger partial charge on any atom is 0.234 e. The molecule has 0 fully saturated rings. The van der Waals surface area contributed by atoms with Crippen molar-refractivity contribution in [3.63, 3.8) is 0 Å². The minimum Gasteiger partial charge on any atom is -0.494 e. The van der Waals surface area contributed by atoms with Gasteiger partial charge in [0.05, 0.1) is 46.8 Å². The summed E-state index contributed by atoms with van der Waals surface area (Å²) in [5, 5.41) is 7.11. The van der Waals surface area contributed by atoms with Gasteiger partial charge in [0.15, 0.2) is 10.3 Å². The van der Waals surface area contributed by atoms with Crippen LogP contribution in [0.1, 0.15) is 13.8 Å². The fourth-order valence-corrected chi connectivity index (χ4v) is 5.99. The molecule has 4 N–H and O–H groups in total. The first-order valence-electron chi connectivity index (χ1n) is 14.9. The topological polar surface area (TPSA) is 143 Å². The number of carbonyl (C=O) groups excluding carboxylic acids is 2. The third-order valence-corrected chi connectivity index (χ3v) is 8.40. The number of imidazole rings is 2. The third kappa shape index (κ3) is 8.57. The molecule has 11 nitrogen and oxygen atoms in total. The highest BCUT2D eigenvalue weighted by Crippen LogP contribution is 2.28. The predicted molar refractivity (Wildman–Crippen MR) is 186 cm³/mol. The molecule has 6 aromatic rings. The lowest BCUT2D eigenvalue weighted by atomic mass is 10.2. The Morgan fingerprint density at radius 3 is 1.72 bits per heavy atom. The van der Waals surface area contributed by atoms with Crippen LogP contribution in [0.25, 0.3) is 22.1 Å². The summed E-state index contributed by atoms with van der Waals surface area (Å²) >= 11 is 2.64. The summed E-state index contributed by atoms with van der Waals surface area (Å²) in [6.45, 7) is 5.05. The van der Waals surface area contributed by atoms with Crippen molar-refractivity contribution < 1.29 is 23.8 Å². The van der Waals surface area contributed by atoms with Gasteiger partial charge in [0.2, 0.25) is 11.8 Å². The molecule has 0 aliphatic carbocycles. The maximum atomic E-state index is 12.7. The smallest absolute Gasteiger partial charge is 0.234 e. The van der Waals surface area contributed by atoms with Crippen LogP contribution < -0.4 is 24.8 Å². The van der Waals surface area contributed by atoms with Gasteiger partial charge < -0.3 is 34.8 Å². The second kappa shape index (κ2) is 15.0. The number of hydrogen-bond donors (Lipinski definition) is 4. The predicted octanol–water partition coefficient (Wildman–Crippen LogP) is 7.49. The molecule has 2 amide bonds. The molecule has 4 aromatic carbocycles. The SMILES string of the molecule is CCOc1ccc2nc(SCC(=O)Nc3ccc(Oc4cccc(NC(=O)CSc5nc6ccc(OCC)cc6[nH]5)c4)cc3)[nH]c2c1. The van der Waals surface area contributed by atoms with Crippen molar-refractivity contribution >= 4 is 68.8 Å².